The first-order valence-corrected chi connectivity index (χ1v) is 15.1. The molecule has 2 saturated carbocycles. The molecule has 37 heavy (non-hydrogen) atoms. The van der Waals surface area contributed by atoms with Crippen LogP contribution >= 0.6 is 34.7 Å². The monoisotopic (exact) mass is 565 g/mol. The quantitative estimate of drug-likeness (QED) is 0.293. The van der Waals surface area contributed by atoms with Crippen LogP contribution in [0.3, 0.4) is 0 Å². The van der Waals surface area contributed by atoms with Crippen LogP contribution in [0, 0.1) is 5.92 Å². The predicted molar refractivity (Wildman–Crippen MR) is 150 cm³/mol. The smallest absolute Gasteiger partial charge is 0.323 e. The number of anilines is 1. The number of hydrogen-bond donors (Lipinski definition) is 2. The van der Waals surface area contributed by atoms with Crippen LogP contribution in [0.2, 0.25) is 5.02 Å². The lowest BCUT2D eigenvalue weighted by molar-refractivity contribution is -0.140. The van der Waals surface area contributed by atoms with Gasteiger partial charge in [0.05, 0.1) is 23.6 Å². The number of rotatable bonds is 10. The van der Waals surface area contributed by atoms with E-state index in [1.165, 1.54) is 23.1 Å². The maximum Gasteiger partial charge on any atom is 0.323 e. The maximum atomic E-state index is 13.4. The van der Waals surface area contributed by atoms with Gasteiger partial charge >= 0.3 is 12.0 Å². The summed E-state index contributed by atoms with van der Waals surface area (Å²) in [5.41, 5.74) is 0.927. The summed E-state index contributed by atoms with van der Waals surface area (Å²) in [6.45, 7) is 3.54. The number of carboxylic acids is 1. The van der Waals surface area contributed by atoms with Crippen molar-refractivity contribution in [1.29, 1.82) is 0 Å². The first-order valence-electron chi connectivity index (χ1n) is 13.1. The summed E-state index contributed by atoms with van der Waals surface area (Å²) in [6, 6.07) is 7.58. The summed E-state index contributed by atoms with van der Waals surface area (Å²) in [7, 11) is 0. The van der Waals surface area contributed by atoms with Gasteiger partial charge in [0.2, 0.25) is 0 Å². The minimum atomic E-state index is -0.796. The zero-order valence-electron chi connectivity index (χ0n) is 21.3. The lowest BCUT2D eigenvalue weighted by atomic mass is 9.86. The highest BCUT2D eigenvalue weighted by Gasteiger charge is 2.41. The van der Waals surface area contributed by atoms with Crippen molar-refractivity contribution in [1.82, 2.24) is 9.88 Å². The van der Waals surface area contributed by atoms with Crippen LogP contribution in [-0.2, 0) is 16.1 Å². The summed E-state index contributed by atoms with van der Waals surface area (Å²) < 4.78 is 5.91. The lowest BCUT2D eigenvalue weighted by Gasteiger charge is -2.36. The number of aliphatic carboxylic acids is 1. The second-order valence-corrected chi connectivity index (χ2v) is 13.2. The zero-order chi connectivity index (χ0) is 26.3. The summed E-state index contributed by atoms with van der Waals surface area (Å²) in [5, 5.41) is 14.0. The summed E-state index contributed by atoms with van der Waals surface area (Å²) in [6.07, 6.45) is 10.1. The first-order chi connectivity index (χ1) is 17.9. The number of nitrogens with one attached hydrogen (secondary N) is 1. The largest absolute Gasteiger partial charge is 0.480 e. The van der Waals surface area contributed by atoms with Gasteiger partial charge in [-0.25, -0.2) is 9.78 Å². The number of benzene rings is 1. The van der Waals surface area contributed by atoms with Crippen LogP contribution in [0.1, 0.15) is 70.3 Å². The minimum Gasteiger partial charge on any atom is -0.480 e. The van der Waals surface area contributed by atoms with Crippen LogP contribution in [0.4, 0.5) is 9.93 Å². The number of aromatic nitrogens is 1. The SMILES string of the molecule is CC1CCC(N(CCOCc2ccccc2Cl)C(=O)Nc2ncc(SC3(C(=O)O)CCCCC3)s2)CC1. The molecule has 0 unspecified atom stereocenters. The van der Waals surface area contributed by atoms with Gasteiger partial charge in [-0.15, -0.1) is 0 Å². The van der Waals surface area contributed by atoms with Gasteiger partial charge in [-0.3, -0.25) is 10.1 Å². The van der Waals surface area contributed by atoms with Gasteiger partial charge in [-0.1, -0.05) is 79.1 Å². The number of carbonyl (C=O) groups excluding carboxylic acids is 1. The van der Waals surface area contributed by atoms with Crippen LogP contribution in [0.25, 0.3) is 0 Å². The third-order valence-corrected chi connectivity index (χ3v) is 10.3. The van der Waals surface area contributed by atoms with Gasteiger partial charge in [0.1, 0.15) is 4.75 Å². The zero-order valence-corrected chi connectivity index (χ0v) is 23.7. The fourth-order valence-electron chi connectivity index (χ4n) is 5.17. The molecule has 0 radical (unpaired) electrons. The second kappa shape index (κ2) is 13.3. The molecular formula is C27H36ClN3O4S2. The summed E-state index contributed by atoms with van der Waals surface area (Å²) >= 11 is 8.96. The number of carboxylic acid groups (broad SMARTS) is 1. The van der Waals surface area contributed by atoms with Crippen molar-refractivity contribution in [3.8, 4) is 0 Å². The Balaban J connectivity index is 1.37. The van der Waals surface area contributed by atoms with Crippen molar-refractivity contribution in [3.05, 3.63) is 41.0 Å². The molecule has 202 valence electrons. The van der Waals surface area contributed by atoms with E-state index < -0.39 is 10.7 Å². The number of thioether (sulfide) groups is 1. The molecule has 0 bridgehead atoms. The fourth-order valence-corrected chi connectivity index (χ4v) is 7.85. The minimum absolute atomic E-state index is 0.159. The Morgan fingerprint density at radius 2 is 1.95 bits per heavy atom. The molecule has 2 fully saturated rings. The number of carbonyl (C=O) groups is 2. The lowest BCUT2D eigenvalue weighted by Crippen LogP contribution is -2.46. The molecule has 2 aliphatic rings. The van der Waals surface area contributed by atoms with Crippen LogP contribution in [-0.4, -0.2) is 50.9 Å². The van der Waals surface area contributed by atoms with Crippen LogP contribution in [0.5, 0.6) is 0 Å². The summed E-state index contributed by atoms with van der Waals surface area (Å²) in [4.78, 5) is 31.7. The van der Waals surface area contributed by atoms with E-state index in [-0.39, 0.29) is 12.1 Å². The van der Waals surface area contributed by atoms with E-state index in [4.69, 9.17) is 16.3 Å². The van der Waals surface area contributed by atoms with E-state index in [9.17, 15) is 14.7 Å². The fraction of sp³-hybridized carbons (Fsp3) is 0.593. The first kappa shape index (κ1) is 28.2. The second-order valence-electron chi connectivity index (χ2n) is 10.1. The normalized spacial score (nSPS) is 21.4. The molecule has 1 heterocycles. The number of urea groups is 1. The van der Waals surface area contributed by atoms with E-state index in [0.29, 0.717) is 48.7 Å². The van der Waals surface area contributed by atoms with Gasteiger partial charge in [-0.05, 0) is 56.1 Å². The Kier molecular flexibility index (Phi) is 10.1. The molecular weight excluding hydrogens is 530 g/mol. The van der Waals surface area contributed by atoms with Gasteiger partial charge in [0, 0.05) is 17.6 Å². The van der Waals surface area contributed by atoms with Crippen molar-refractivity contribution < 1.29 is 19.4 Å². The average molecular weight is 566 g/mol. The van der Waals surface area contributed by atoms with Crippen molar-refractivity contribution in [2.24, 2.45) is 5.92 Å². The Morgan fingerprint density at radius 3 is 2.65 bits per heavy atom. The highest BCUT2D eigenvalue weighted by Crippen LogP contribution is 2.46. The highest BCUT2D eigenvalue weighted by atomic mass is 35.5. The van der Waals surface area contributed by atoms with E-state index >= 15 is 0 Å². The van der Waals surface area contributed by atoms with Crippen molar-refractivity contribution >= 4 is 51.8 Å². The van der Waals surface area contributed by atoms with E-state index in [2.05, 4.69) is 17.2 Å². The Labute approximate surface area is 232 Å². The molecule has 0 atom stereocenters. The molecule has 1 aromatic heterocycles. The van der Waals surface area contributed by atoms with Gasteiger partial charge < -0.3 is 14.7 Å². The summed E-state index contributed by atoms with van der Waals surface area (Å²) in [5.74, 6) is -0.0804. The number of ether oxygens (including phenoxy) is 1. The van der Waals surface area contributed by atoms with Gasteiger partial charge in [-0.2, -0.15) is 0 Å². The van der Waals surface area contributed by atoms with Crippen molar-refractivity contribution in [2.45, 2.75) is 86.3 Å². The Morgan fingerprint density at radius 1 is 1.22 bits per heavy atom. The average Bonchev–Trinajstić information content (AvgIpc) is 3.32. The molecule has 4 rings (SSSR count). The molecule has 0 aliphatic heterocycles. The molecule has 0 spiro atoms. The number of nitrogens with zero attached hydrogens (tertiary/aromatic N) is 2. The Hall–Kier alpha value is -1.81. The number of thiazole rings is 1. The van der Waals surface area contributed by atoms with Crippen molar-refractivity contribution in [3.63, 3.8) is 0 Å². The molecule has 2 N–H and O–H groups in total. The van der Waals surface area contributed by atoms with Crippen molar-refractivity contribution in [2.75, 3.05) is 18.5 Å². The topological polar surface area (TPSA) is 91.8 Å². The highest BCUT2D eigenvalue weighted by molar-refractivity contribution is 8.03. The number of hydrogen-bond acceptors (Lipinski definition) is 6. The third-order valence-electron chi connectivity index (χ3n) is 7.42. The standard InChI is InChI=1S/C27H36ClN3O4S2/c1-19-9-11-21(12-10-19)31(15-16-35-18-20-7-3-4-8-22(20)28)26(34)30-25-29-17-23(36-25)37-27(24(32)33)13-5-2-6-14-27/h3-4,7-8,17,19,21H,2,5-6,9-16,18H2,1H3,(H,32,33)(H,29,30,34). The molecule has 10 heteroatoms. The van der Waals surface area contributed by atoms with Crippen LogP contribution < -0.4 is 5.32 Å². The molecule has 7 nitrogen and oxygen atoms in total. The van der Waals surface area contributed by atoms with E-state index in [0.717, 1.165) is 54.7 Å². The molecule has 2 aliphatic carbocycles. The number of amides is 2. The van der Waals surface area contributed by atoms with E-state index in [1.54, 1.807) is 6.20 Å². The molecule has 1 aromatic carbocycles. The molecule has 0 saturated heterocycles. The number of halogens is 1. The molecule has 2 amide bonds. The molecule has 2 aromatic rings. The Bertz CT molecular complexity index is 1050. The van der Waals surface area contributed by atoms with Crippen LogP contribution in [0.15, 0.2) is 34.7 Å². The predicted octanol–water partition coefficient (Wildman–Crippen LogP) is 7.31. The maximum absolute atomic E-state index is 13.4. The van der Waals surface area contributed by atoms with Gasteiger partial charge in [0.15, 0.2) is 5.13 Å². The third kappa shape index (κ3) is 7.62. The van der Waals surface area contributed by atoms with E-state index in [1.807, 2.05) is 29.2 Å². The van der Waals surface area contributed by atoms with Gasteiger partial charge in [0.25, 0.3) is 0 Å².